The zero-order valence-corrected chi connectivity index (χ0v) is 5.72. The molecule has 1 amide bonds. The van der Waals surface area contributed by atoms with Gasteiger partial charge in [0.15, 0.2) is 0 Å². The standard InChI is InChI=1S/C7H11NO/c1-5-3-4-6(2)8-7(5)9/h3-6H,1-2H3,(H,8,9). The van der Waals surface area contributed by atoms with Crippen LogP contribution in [0.3, 0.4) is 0 Å². The van der Waals surface area contributed by atoms with Crippen molar-refractivity contribution in [3.05, 3.63) is 12.2 Å². The fourth-order valence-corrected chi connectivity index (χ4v) is 0.825. The first-order chi connectivity index (χ1) is 4.20. The highest BCUT2D eigenvalue weighted by Gasteiger charge is 2.15. The molecule has 0 bridgehead atoms. The van der Waals surface area contributed by atoms with Gasteiger partial charge in [-0.2, -0.15) is 0 Å². The lowest BCUT2D eigenvalue weighted by molar-refractivity contribution is -0.123. The van der Waals surface area contributed by atoms with E-state index >= 15 is 0 Å². The first-order valence-corrected chi connectivity index (χ1v) is 3.19. The Morgan fingerprint density at radius 3 is 2.56 bits per heavy atom. The maximum absolute atomic E-state index is 10.8. The number of carbonyl (C=O) groups is 1. The third-order valence-electron chi connectivity index (χ3n) is 1.47. The summed E-state index contributed by atoms with van der Waals surface area (Å²) < 4.78 is 0. The minimum Gasteiger partial charge on any atom is -0.350 e. The summed E-state index contributed by atoms with van der Waals surface area (Å²) >= 11 is 0. The van der Waals surface area contributed by atoms with E-state index in [1.807, 2.05) is 26.0 Å². The lowest BCUT2D eigenvalue weighted by Gasteiger charge is -2.17. The van der Waals surface area contributed by atoms with E-state index in [4.69, 9.17) is 0 Å². The Hall–Kier alpha value is -0.790. The Morgan fingerprint density at radius 2 is 2.11 bits per heavy atom. The molecule has 0 spiro atoms. The monoisotopic (exact) mass is 125 g/mol. The quantitative estimate of drug-likeness (QED) is 0.474. The van der Waals surface area contributed by atoms with Crippen molar-refractivity contribution in [3.63, 3.8) is 0 Å². The van der Waals surface area contributed by atoms with E-state index in [-0.39, 0.29) is 17.9 Å². The minimum absolute atomic E-state index is 0.0567. The van der Waals surface area contributed by atoms with E-state index in [1.165, 1.54) is 0 Å². The van der Waals surface area contributed by atoms with E-state index in [0.717, 1.165) is 0 Å². The van der Waals surface area contributed by atoms with Gasteiger partial charge in [0.1, 0.15) is 0 Å². The molecule has 1 aliphatic heterocycles. The van der Waals surface area contributed by atoms with Gasteiger partial charge < -0.3 is 5.32 Å². The molecular formula is C7H11NO. The SMILES string of the molecule is CC1C=CC(C)C(=O)N1. The third-order valence-corrected chi connectivity index (χ3v) is 1.47. The zero-order chi connectivity index (χ0) is 6.85. The molecule has 0 aliphatic carbocycles. The van der Waals surface area contributed by atoms with Crippen LogP contribution in [0.4, 0.5) is 0 Å². The van der Waals surface area contributed by atoms with E-state index < -0.39 is 0 Å². The summed E-state index contributed by atoms with van der Waals surface area (Å²) in [6, 6.07) is 0.216. The topological polar surface area (TPSA) is 29.1 Å². The number of amides is 1. The molecule has 0 aromatic rings. The Labute approximate surface area is 54.9 Å². The number of hydrogen-bond donors (Lipinski definition) is 1. The third kappa shape index (κ3) is 1.31. The molecule has 50 valence electrons. The van der Waals surface area contributed by atoms with Gasteiger partial charge in [0.25, 0.3) is 0 Å². The van der Waals surface area contributed by atoms with Crippen LogP contribution >= 0.6 is 0 Å². The van der Waals surface area contributed by atoms with E-state index in [0.29, 0.717) is 0 Å². The molecule has 0 saturated carbocycles. The maximum atomic E-state index is 10.8. The maximum Gasteiger partial charge on any atom is 0.227 e. The highest BCUT2D eigenvalue weighted by atomic mass is 16.1. The van der Waals surface area contributed by atoms with Crippen LogP contribution in [0.25, 0.3) is 0 Å². The number of carbonyl (C=O) groups excluding carboxylic acids is 1. The van der Waals surface area contributed by atoms with Crippen molar-refractivity contribution < 1.29 is 4.79 Å². The van der Waals surface area contributed by atoms with E-state index in [2.05, 4.69) is 5.32 Å². The predicted octanol–water partition coefficient (Wildman–Crippen LogP) is 0.697. The molecule has 1 N–H and O–H groups in total. The molecule has 2 atom stereocenters. The summed E-state index contributed by atoms with van der Waals surface area (Å²) in [5.41, 5.74) is 0. The largest absolute Gasteiger partial charge is 0.350 e. The average molecular weight is 125 g/mol. The lowest BCUT2D eigenvalue weighted by atomic mass is 10.1. The van der Waals surface area contributed by atoms with Gasteiger partial charge in [-0.3, -0.25) is 4.79 Å². The summed E-state index contributed by atoms with van der Waals surface area (Å²) in [6.07, 6.45) is 3.94. The second-order valence-electron chi connectivity index (χ2n) is 2.47. The van der Waals surface area contributed by atoms with Crippen molar-refractivity contribution in [2.75, 3.05) is 0 Å². The van der Waals surface area contributed by atoms with Gasteiger partial charge in [0.2, 0.25) is 5.91 Å². The second kappa shape index (κ2) is 2.21. The first-order valence-electron chi connectivity index (χ1n) is 3.19. The van der Waals surface area contributed by atoms with Gasteiger partial charge in [0, 0.05) is 6.04 Å². The molecule has 0 saturated heterocycles. The summed E-state index contributed by atoms with van der Waals surface area (Å²) in [4.78, 5) is 10.8. The number of hydrogen-bond acceptors (Lipinski definition) is 1. The van der Waals surface area contributed by atoms with Crippen LogP contribution in [0, 0.1) is 5.92 Å². The Kier molecular flexibility index (Phi) is 1.56. The van der Waals surface area contributed by atoms with Crippen molar-refractivity contribution in [3.8, 4) is 0 Å². The Bertz CT molecular complexity index is 151. The van der Waals surface area contributed by atoms with Crippen molar-refractivity contribution in [1.29, 1.82) is 0 Å². The van der Waals surface area contributed by atoms with Crippen LogP contribution in [0.2, 0.25) is 0 Å². The smallest absolute Gasteiger partial charge is 0.227 e. The number of nitrogens with one attached hydrogen (secondary N) is 1. The van der Waals surface area contributed by atoms with E-state index in [1.54, 1.807) is 0 Å². The number of rotatable bonds is 0. The van der Waals surface area contributed by atoms with Crippen molar-refractivity contribution in [2.45, 2.75) is 19.9 Å². The molecule has 0 radical (unpaired) electrons. The van der Waals surface area contributed by atoms with Gasteiger partial charge in [-0.1, -0.05) is 19.1 Å². The normalized spacial score (nSPS) is 34.2. The molecule has 1 heterocycles. The zero-order valence-electron chi connectivity index (χ0n) is 5.72. The summed E-state index contributed by atoms with van der Waals surface area (Å²) in [7, 11) is 0. The molecule has 2 nitrogen and oxygen atoms in total. The minimum atomic E-state index is 0.0567. The molecular weight excluding hydrogens is 114 g/mol. The van der Waals surface area contributed by atoms with Gasteiger partial charge in [-0.05, 0) is 6.92 Å². The van der Waals surface area contributed by atoms with Crippen LogP contribution in [0.5, 0.6) is 0 Å². The van der Waals surface area contributed by atoms with Gasteiger partial charge in [-0.25, -0.2) is 0 Å². The Balaban J connectivity index is 2.65. The Morgan fingerprint density at radius 1 is 1.44 bits per heavy atom. The summed E-state index contributed by atoms with van der Waals surface area (Å²) in [5.74, 6) is 0.186. The van der Waals surface area contributed by atoms with Crippen LogP contribution in [-0.4, -0.2) is 11.9 Å². The van der Waals surface area contributed by atoms with E-state index in [9.17, 15) is 4.79 Å². The summed E-state index contributed by atoms with van der Waals surface area (Å²) in [5, 5.41) is 2.80. The molecule has 2 heteroatoms. The van der Waals surface area contributed by atoms with Gasteiger partial charge in [0.05, 0.1) is 5.92 Å². The fraction of sp³-hybridized carbons (Fsp3) is 0.571. The molecule has 9 heavy (non-hydrogen) atoms. The van der Waals surface area contributed by atoms with Crippen LogP contribution in [0.15, 0.2) is 12.2 Å². The van der Waals surface area contributed by atoms with Gasteiger partial charge in [-0.15, -0.1) is 0 Å². The average Bonchev–Trinajstić information content (AvgIpc) is 1.80. The second-order valence-corrected chi connectivity index (χ2v) is 2.47. The highest BCUT2D eigenvalue weighted by molar-refractivity contribution is 5.81. The van der Waals surface area contributed by atoms with Crippen LogP contribution in [-0.2, 0) is 4.79 Å². The fourth-order valence-electron chi connectivity index (χ4n) is 0.825. The van der Waals surface area contributed by atoms with Gasteiger partial charge >= 0.3 is 0 Å². The van der Waals surface area contributed by atoms with Crippen molar-refractivity contribution >= 4 is 5.91 Å². The predicted molar refractivity (Wildman–Crippen MR) is 35.9 cm³/mol. The van der Waals surface area contributed by atoms with Crippen molar-refractivity contribution in [2.24, 2.45) is 5.92 Å². The molecule has 0 fully saturated rings. The summed E-state index contributed by atoms with van der Waals surface area (Å²) in [6.45, 7) is 3.85. The van der Waals surface area contributed by atoms with Crippen LogP contribution < -0.4 is 5.32 Å². The van der Waals surface area contributed by atoms with Crippen molar-refractivity contribution in [1.82, 2.24) is 5.32 Å². The van der Waals surface area contributed by atoms with Crippen LogP contribution in [0.1, 0.15) is 13.8 Å². The molecule has 0 aromatic heterocycles. The molecule has 2 unspecified atom stereocenters. The molecule has 0 aromatic carbocycles. The lowest BCUT2D eigenvalue weighted by Crippen LogP contribution is -2.37. The molecule has 1 rings (SSSR count). The molecule has 1 aliphatic rings. The highest BCUT2D eigenvalue weighted by Crippen LogP contribution is 2.04. The first kappa shape index (κ1) is 6.33.